The summed E-state index contributed by atoms with van der Waals surface area (Å²) in [7, 11) is 0. The van der Waals surface area contributed by atoms with Crippen molar-refractivity contribution in [1.82, 2.24) is 0 Å². The highest BCUT2D eigenvalue weighted by atomic mass is 79.9. The summed E-state index contributed by atoms with van der Waals surface area (Å²) in [6, 6.07) is 10.8. The van der Waals surface area contributed by atoms with Crippen molar-refractivity contribution in [3.05, 3.63) is 62.6 Å². The van der Waals surface area contributed by atoms with Gasteiger partial charge in [-0.1, -0.05) is 39.7 Å². The predicted octanol–water partition coefficient (Wildman–Crippen LogP) is 4.27. The summed E-state index contributed by atoms with van der Waals surface area (Å²) < 4.78 is 6.47. The van der Waals surface area contributed by atoms with E-state index in [0.29, 0.717) is 28.5 Å². The van der Waals surface area contributed by atoms with Crippen LogP contribution in [0.2, 0.25) is 5.02 Å². The fourth-order valence-electron chi connectivity index (χ4n) is 2.22. The number of hydrogen-bond acceptors (Lipinski definition) is 2. The zero-order chi connectivity index (χ0) is 13.4. The molecule has 0 radical (unpaired) electrons. The highest BCUT2D eigenvalue weighted by molar-refractivity contribution is 9.10. The molecule has 0 N–H and O–H groups in total. The lowest BCUT2D eigenvalue weighted by Crippen LogP contribution is -2.04. The van der Waals surface area contributed by atoms with E-state index in [-0.39, 0.29) is 5.78 Å². The SMILES string of the molecule is O=C(c1cccc(Cl)c1)c1cc(Br)cc2c1OCC2. The van der Waals surface area contributed by atoms with Crippen molar-refractivity contribution >= 4 is 33.3 Å². The molecule has 0 aliphatic carbocycles. The molecule has 0 unspecified atom stereocenters. The summed E-state index contributed by atoms with van der Waals surface area (Å²) in [5, 5.41) is 0.554. The van der Waals surface area contributed by atoms with Gasteiger partial charge in [0.15, 0.2) is 5.78 Å². The summed E-state index contributed by atoms with van der Waals surface area (Å²) in [5.74, 6) is 0.634. The number of ether oxygens (including phenoxy) is 1. The van der Waals surface area contributed by atoms with Crippen LogP contribution in [0.4, 0.5) is 0 Å². The molecule has 2 aromatic rings. The van der Waals surface area contributed by atoms with E-state index in [4.69, 9.17) is 16.3 Å². The number of fused-ring (bicyclic) bond motifs is 1. The van der Waals surface area contributed by atoms with Crippen LogP contribution < -0.4 is 4.74 Å². The molecule has 0 saturated heterocycles. The van der Waals surface area contributed by atoms with E-state index in [2.05, 4.69) is 15.9 Å². The number of carbonyl (C=O) groups excluding carboxylic acids is 1. The maximum absolute atomic E-state index is 12.6. The number of rotatable bonds is 2. The van der Waals surface area contributed by atoms with Gasteiger partial charge in [0.05, 0.1) is 12.2 Å². The molecule has 0 atom stereocenters. The first kappa shape index (κ1) is 12.7. The Labute approximate surface area is 124 Å². The molecule has 2 aromatic carbocycles. The lowest BCUT2D eigenvalue weighted by atomic mass is 10.00. The predicted molar refractivity (Wildman–Crippen MR) is 78.2 cm³/mol. The third-order valence-electron chi connectivity index (χ3n) is 3.08. The van der Waals surface area contributed by atoms with Gasteiger partial charge in [-0.05, 0) is 29.8 Å². The number of hydrogen-bond donors (Lipinski definition) is 0. The first-order valence-electron chi connectivity index (χ1n) is 5.90. The largest absolute Gasteiger partial charge is 0.492 e. The Bertz CT molecular complexity index is 667. The van der Waals surface area contributed by atoms with Gasteiger partial charge < -0.3 is 4.74 Å². The van der Waals surface area contributed by atoms with Gasteiger partial charge in [0.1, 0.15) is 5.75 Å². The van der Waals surface area contributed by atoms with Crippen molar-refractivity contribution in [1.29, 1.82) is 0 Å². The topological polar surface area (TPSA) is 26.3 Å². The van der Waals surface area contributed by atoms with E-state index >= 15 is 0 Å². The van der Waals surface area contributed by atoms with Crippen LogP contribution >= 0.6 is 27.5 Å². The highest BCUT2D eigenvalue weighted by Gasteiger charge is 2.22. The van der Waals surface area contributed by atoms with E-state index in [1.54, 1.807) is 30.3 Å². The fourth-order valence-corrected chi connectivity index (χ4v) is 2.92. The Balaban J connectivity index is 2.10. The van der Waals surface area contributed by atoms with Crippen LogP contribution in [0.15, 0.2) is 40.9 Å². The quantitative estimate of drug-likeness (QED) is 0.765. The van der Waals surface area contributed by atoms with Crippen molar-refractivity contribution in [3.63, 3.8) is 0 Å². The molecule has 2 nitrogen and oxygen atoms in total. The van der Waals surface area contributed by atoms with Crippen LogP contribution in [0.5, 0.6) is 5.75 Å². The molecular formula is C15H10BrClO2. The van der Waals surface area contributed by atoms with Crippen LogP contribution in [-0.2, 0) is 6.42 Å². The van der Waals surface area contributed by atoms with Crippen LogP contribution in [0.1, 0.15) is 21.5 Å². The van der Waals surface area contributed by atoms with Gasteiger partial charge in [-0.3, -0.25) is 4.79 Å². The molecule has 1 aliphatic rings. The standard InChI is InChI=1S/C15H10BrClO2/c16-11-6-10-4-5-19-15(10)13(8-11)14(18)9-2-1-3-12(17)7-9/h1-3,6-8H,4-5H2. The second-order valence-electron chi connectivity index (χ2n) is 4.38. The van der Waals surface area contributed by atoms with E-state index in [9.17, 15) is 4.79 Å². The Morgan fingerprint density at radius 3 is 2.89 bits per heavy atom. The summed E-state index contributed by atoms with van der Waals surface area (Å²) in [6.45, 7) is 0.627. The Morgan fingerprint density at radius 2 is 2.11 bits per heavy atom. The molecule has 1 aliphatic heterocycles. The minimum atomic E-state index is -0.0676. The molecule has 4 heteroatoms. The molecule has 0 saturated carbocycles. The molecule has 3 rings (SSSR count). The van der Waals surface area contributed by atoms with Crippen molar-refractivity contribution < 1.29 is 9.53 Å². The number of halogens is 2. The maximum Gasteiger partial charge on any atom is 0.196 e. The second-order valence-corrected chi connectivity index (χ2v) is 5.73. The normalized spacial score (nSPS) is 12.9. The summed E-state index contributed by atoms with van der Waals surface area (Å²) >= 11 is 9.37. The summed E-state index contributed by atoms with van der Waals surface area (Å²) in [5.41, 5.74) is 2.23. The number of ketones is 1. The third-order valence-corrected chi connectivity index (χ3v) is 3.77. The smallest absolute Gasteiger partial charge is 0.196 e. The minimum Gasteiger partial charge on any atom is -0.492 e. The first-order valence-corrected chi connectivity index (χ1v) is 7.08. The lowest BCUT2D eigenvalue weighted by Gasteiger charge is -2.08. The molecule has 1 heterocycles. The monoisotopic (exact) mass is 336 g/mol. The molecule has 0 aromatic heterocycles. The number of carbonyl (C=O) groups is 1. The van der Waals surface area contributed by atoms with Gasteiger partial charge in [-0.2, -0.15) is 0 Å². The van der Waals surface area contributed by atoms with Crippen LogP contribution in [0, 0.1) is 0 Å². The molecular weight excluding hydrogens is 328 g/mol. The Hall–Kier alpha value is -1.32. The zero-order valence-electron chi connectivity index (χ0n) is 9.95. The van der Waals surface area contributed by atoms with Crippen molar-refractivity contribution in [2.75, 3.05) is 6.61 Å². The number of benzene rings is 2. The molecule has 0 spiro atoms. The van der Waals surface area contributed by atoms with Crippen LogP contribution in [-0.4, -0.2) is 12.4 Å². The molecule has 96 valence electrons. The average molecular weight is 338 g/mol. The lowest BCUT2D eigenvalue weighted by molar-refractivity contribution is 0.103. The van der Waals surface area contributed by atoms with Crippen molar-refractivity contribution in [2.45, 2.75) is 6.42 Å². The van der Waals surface area contributed by atoms with Crippen molar-refractivity contribution in [3.8, 4) is 5.75 Å². The van der Waals surface area contributed by atoms with Gasteiger partial charge in [0.25, 0.3) is 0 Å². The van der Waals surface area contributed by atoms with E-state index < -0.39 is 0 Å². The Kier molecular flexibility index (Phi) is 3.33. The maximum atomic E-state index is 12.6. The van der Waals surface area contributed by atoms with Gasteiger partial charge in [0, 0.05) is 21.5 Å². The fraction of sp³-hybridized carbons (Fsp3) is 0.133. The van der Waals surface area contributed by atoms with Gasteiger partial charge in [-0.15, -0.1) is 0 Å². The second kappa shape index (κ2) is 4.99. The molecule has 0 bridgehead atoms. The van der Waals surface area contributed by atoms with Crippen molar-refractivity contribution in [2.24, 2.45) is 0 Å². The summed E-state index contributed by atoms with van der Waals surface area (Å²) in [6.07, 6.45) is 0.838. The van der Waals surface area contributed by atoms with E-state index in [1.807, 2.05) is 6.07 Å². The van der Waals surface area contributed by atoms with Crippen LogP contribution in [0.3, 0.4) is 0 Å². The minimum absolute atomic E-state index is 0.0676. The third kappa shape index (κ3) is 2.40. The first-order chi connectivity index (χ1) is 9.15. The Morgan fingerprint density at radius 1 is 1.26 bits per heavy atom. The zero-order valence-corrected chi connectivity index (χ0v) is 12.3. The highest BCUT2D eigenvalue weighted by Crippen LogP contribution is 2.34. The van der Waals surface area contributed by atoms with Crippen LogP contribution in [0.25, 0.3) is 0 Å². The van der Waals surface area contributed by atoms with Gasteiger partial charge in [0.2, 0.25) is 0 Å². The van der Waals surface area contributed by atoms with E-state index in [1.165, 1.54) is 0 Å². The molecule has 0 amide bonds. The average Bonchev–Trinajstić information content (AvgIpc) is 2.85. The summed E-state index contributed by atoms with van der Waals surface area (Å²) in [4.78, 5) is 12.6. The van der Waals surface area contributed by atoms with Gasteiger partial charge >= 0.3 is 0 Å². The molecule has 19 heavy (non-hydrogen) atoms. The molecule has 0 fully saturated rings. The van der Waals surface area contributed by atoms with Gasteiger partial charge in [-0.25, -0.2) is 0 Å². The van der Waals surface area contributed by atoms with E-state index in [0.717, 1.165) is 16.5 Å².